The molecule has 0 bridgehead atoms. The monoisotopic (exact) mass is 425 g/mol. The van der Waals surface area contributed by atoms with Crippen molar-refractivity contribution in [3.8, 4) is 6.07 Å². The van der Waals surface area contributed by atoms with E-state index in [-0.39, 0.29) is 23.9 Å². The van der Waals surface area contributed by atoms with E-state index in [9.17, 15) is 8.68 Å². The van der Waals surface area contributed by atoms with E-state index in [1.807, 2.05) is 12.1 Å². The number of nitrogens with one attached hydrogen (secondary N) is 2. The Balaban J connectivity index is 1.66. The topological polar surface area (TPSA) is 82.7 Å². The van der Waals surface area contributed by atoms with Crippen molar-refractivity contribution >= 4 is 29.5 Å². The molecule has 8 heteroatoms. The molecule has 1 fully saturated rings. The summed E-state index contributed by atoms with van der Waals surface area (Å²) < 4.78 is 14.2. The van der Waals surface area contributed by atoms with Gasteiger partial charge in [-0.2, -0.15) is 5.26 Å². The van der Waals surface area contributed by atoms with Gasteiger partial charge in [0.2, 0.25) is 5.82 Å². The molecular weight excluding hydrogens is 401 g/mol. The number of nitrogens with zero attached hydrogens (tertiary/aromatic N) is 3. The van der Waals surface area contributed by atoms with E-state index in [2.05, 4.69) is 33.8 Å². The van der Waals surface area contributed by atoms with Crippen LogP contribution in [0, 0.1) is 11.3 Å². The molecule has 6 nitrogen and oxygen atoms in total. The third-order valence-electron chi connectivity index (χ3n) is 5.81. The Bertz CT molecular complexity index is 1000. The van der Waals surface area contributed by atoms with Gasteiger partial charge in [-0.15, -0.1) is 3.89 Å². The number of benzene rings is 1. The smallest absolute Gasteiger partial charge is 0.292 e. The number of amides is 1. The number of imidazole rings is 1. The number of aromatic nitrogens is 2. The van der Waals surface area contributed by atoms with E-state index in [0.717, 1.165) is 54.7 Å². The van der Waals surface area contributed by atoms with E-state index < -0.39 is 5.91 Å². The van der Waals surface area contributed by atoms with Crippen LogP contribution in [0.1, 0.15) is 71.9 Å². The van der Waals surface area contributed by atoms with Crippen LogP contribution in [0.15, 0.2) is 30.5 Å². The lowest BCUT2D eigenvalue weighted by molar-refractivity contribution is 0.101. The van der Waals surface area contributed by atoms with Crippen LogP contribution in [0.5, 0.6) is 0 Å². The third-order valence-corrected chi connectivity index (χ3v) is 6.23. The van der Waals surface area contributed by atoms with Gasteiger partial charge in [0, 0.05) is 11.3 Å². The fourth-order valence-corrected chi connectivity index (χ4v) is 4.56. The number of carbonyl (C=O) groups excluding carboxylic acids is 1. The lowest BCUT2D eigenvalue weighted by atomic mass is 9.86. The summed E-state index contributed by atoms with van der Waals surface area (Å²) in [4.78, 5) is 16.8. The van der Waals surface area contributed by atoms with Crippen LogP contribution in [0.3, 0.4) is 0 Å². The number of hydrogen-bond donors (Lipinski definition) is 2. The van der Waals surface area contributed by atoms with Gasteiger partial charge < -0.3 is 10.6 Å². The molecule has 2 heterocycles. The summed E-state index contributed by atoms with van der Waals surface area (Å²) in [5.74, 6) is -0.155. The molecule has 0 atom stereocenters. The van der Waals surface area contributed by atoms with Gasteiger partial charge in [0.1, 0.15) is 6.07 Å². The summed E-state index contributed by atoms with van der Waals surface area (Å²) in [5.41, 5.74) is 4.27. The minimum absolute atomic E-state index is 0.00164. The first-order valence-electron chi connectivity index (χ1n) is 10.3. The molecule has 2 aromatic rings. The maximum atomic E-state index is 13.2. The molecule has 30 heavy (non-hydrogen) atoms. The lowest BCUT2D eigenvalue weighted by Crippen LogP contribution is -2.26. The van der Waals surface area contributed by atoms with Crippen LogP contribution in [-0.2, 0) is 0 Å². The molecule has 1 saturated heterocycles. The van der Waals surface area contributed by atoms with E-state index >= 15 is 0 Å². The minimum Gasteiger partial charge on any atom is -0.319 e. The van der Waals surface area contributed by atoms with Crippen LogP contribution in [-0.4, -0.2) is 28.0 Å². The highest BCUT2D eigenvalue weighted by Gasteiger charge is 2.22. The van der Waals surface area contributed by atoms with E-state index in [1.165, 1.54) is 23.8 Å². The molecular formula is C22H24FN5OS. The first-order valence-corrected chi connectivity index (χ1v) is 11.0. The van der Waals surface area contributed by atoms with Gasteiger partial charge in [-0.05, 0) is 80.8 Å². The number of carbonyl (C=O) groups is 1. The van der Waals surface area contributed by atoms with Gasteiger partial charge in [-0.25, -0.2) is 8.96 Å². The number of halogens is 1. The third kappa shape index (κ3) is 4.42. The highest BCUT2D eigenvalue weighted by Crippen LogP contribution is 2.36. The molecule has 2 N–H and O–H groups in total. The molecule has 0 spiro atoms. The molecule has 1 aliphatic carbocycles. The summed E-state index contributed by atoms with van der Waals surface area (Å²) in [5, 5.41) is 15.3. The zero-order valence-electron chi connectivity index (χ0n) is 16.7. The Hall–Kier alpha value is -2.63. The van der Waals surface area contributed by atoms with Crippen LogP contribution < -0.4 is 10.6 Å². The van der Waals surface area contributed by atoms with Gasteiger partial charge in [0.15, 0.2) is 18.0 Å². The number of allylic oxidation sites excluding steroid dienone is 2. The largest absolute Gasteiger partial charge is 0.319 e. The molecule has 156 valence electrons. The standard InChI is InChI=1S/C22H24FN5OS/c23-30-28-14-18(13-24)26-21(28)22(29)27-20-7-6-17(15-8-10-25-11-9-15)12-19(20)16-4-2-1-3-5-16/h4,6-7,12,14-15,25H,1-3,5,8-11H2,(H,27,29). The zero-order chi connectivity index (χ0) is 20.9. The van der Waals surface area contributed by atoms with Crippen molar-refractivity contribution in [2.75, 3.05) is 18.4 Å². The van der Waals surface area contributed by atoms with Crippen molar-refractivity contribution in [3.63, 3.8) is 0 Å². The average molecular weight is 426 g/mol. The van der Waals surface area contributed by atoms with Gasteiger partial charge in [-0.3, -0.25) is 4.79 Å². The molecule has 4 rings (SSSR count). The van der Waals surface area contributed by atoms with Gasteiger partial charge in [0.05, 0.1) is 6.20 Å². The number of nitriles is 1. The highest BCUT2D eigenvalue weighted by molar-refractivity contribution is 7.92. The molecule has 0 unspecified atom stereocenters. The van der Waals surface area contributed by atoms with Crippen molar-refractivity contribution < 1.29 is 8.68 Å². The molecule has 1 amide bonds. The second-order valence-corrected chi connectivity index (χ2v) is 8.25. The predicted molar refractivity (Wildman–Crippen MR) is 117 cm³/mol. The highest BCUT2D eigenvalue weighted by atomic mass is 32.2. The molecule has 0 saturated carbocycles. The van der Waals surface area contributed by atoms with E-state index in [0.29, 0.717) is 11.6 Å². The summed E-state index contributed by atoms with van der Waals surface area (Å²) in [7, 11) is 0. The fraction of sp³-hybridized carbons (Fsp3) is 0.409. The lowest BCUT2D eigenvalue weighted by Gasteiger charge is -2.25. The Morgan fingerprint density at radius 3 is 2.87 bits per heavy atom. The molecule has 2 aliphatic rings. The van der Waals surface area contributed by atoms with Crippen molar-refractivity contribution in [3.05, 3.63) is 53.1 Å². The zero-order valence-corrected chi connectivity index (χ0v) is 17.5. The number of anilines is 1. The second kappa shape index (κ2) is 9.45. The van der Waals surface area contributed by atoms with Gasteiger partial charge in [-0.1, -0.05) is 12.1 Å². The number of rotatable bonds is 5. The number of piperidine rings is 1. The fourth-order valence-electron chi connectivity index (χ4n) is 4.23. The Labute approximate surface area is 180 Å². The minimum atomic E-state index is -0.533. The maximum absolute atomic E-state index is 13.2. The van der Waals surface area contributed by atoms with E-state index in [4.69, 9.17) is 5.26 Å². The predicted octanol–water partition coefficient (Wildman–Crippen LogP) is 4.81. The van der Waals surface area contributed by atoms with Crippen LogP contribution >= 0.6 is 12.3 Å². The SMILES string of the molecule is N#Cc1cn(SF)c(C(=O)Nc2ccc(C3CCNCC3)cc2C2=CCCCC2)n1. The first kappa shape index (κ1) is 20.6. The Morgan fingerprint density at radius 1 is 1.33 bits per heavy atom. The normalized spacial score (nSPS) is 17.3. The molecule has 1 aliphatic heterocycles. The Kier molecular flexibility index (Phi) is 6.50. The number of hydrogen-bond acceptors (Lipinski definition) is 5. The van der Waals surface area contributed by atoms with Crippen LogP contribution in [0.25, 0.3) is 5.57 Å². The van der Waals surface area contributed by atoms with Crippen molar-refractivity contribution in [1.82, 2.24) is 14.3 Å². The Morgan fingerprint density at radius 2 is 2.17 bits per heavy atom. The summed E-state index contributed by atoms with van der Waals surface area (Å²) >= 11 is -0.151. The van der Waals surface area contributed by atoms with Crippen molar-refractivity contribution in [1.29, 1.82) is 5.26 Å². The first-order chi connectivity index (χ1) is 14.7. The van der Waals surface area contributed by atoms with Crippen LogP contribution in [0.2, 0.25) is 0 Å². The van der Waals surface area contributed by atoms with Crippen LogP contribution in [0.4, 0.5) is 9.57 Å². The van der Waals surface area contributed by atoms with Gasteiger partial charge >= 0.3 is 0 Å². The van der Waals surface area contributed by atoms with Crippen molar-refractivity contribution in [2.45, 2.75) is 44.4 Å². The quantitative estimate of drug-likeness (QED) is 0.718. The maximum Gasteiger partial charge on any atom is 0.292 e. The summed E-state index contributed by atoms with van der Waals surface area (Å²) in [6.45, 7) is 2.04. The average Bonchev–Trinajstić information content (AvgIpc) is 3.24. The van der Waals surface area contributed by atoms with Gasteiger partial charge in [0.25, 0.3) is 5.91 Å². The van der Waals surface area contributed by atoms with E-state index in [1.54, 1.807) is 0 Å². The summed E-state index contributed by atoms with van der Waals surface area (Å²) in [6, 6.07) is 8.07. The second-order valence-electron chi connectivity index (χ2n) is 7.71. The molecule has 0 radical (unpaired) electrons. The van der Waals surface area contributed by atoms with Crippen molar-refractivity contribution in [2.24, 2.45) is 0 Å². The molecule has 1 aromatic heterocycles. The molecule has 1 aromatic carbocycles. The summed E-state index contributed by atoms with van der Waals surface area (Å²) in [6.07, 6.45) is 10.0.